The Balaban J connectivity index is 1.63. The van der Waals surface area contributed by atoms with E-state index in [1.807, 2.05) is 30.3 Å². The molecule has 12 nitrogen and oxygen atoms in total. The smallest absolute Gasteiger partial charge is 0.333 e. The van der Waals surface area contributed by atoms with Gasteiger partial charge in [-0.2, -0.15) is 0 Å². The maximum absolute atomic E-state index is 11.2. The van der Waals surface area contributed by atoms with Crippen LogP contribution in [0.1, 0.15) is 12.5 Å². The third-order valence-electron chi connectivity index (χ3n) is 5.27. The molecule has 248 valence electrons. The van der Waals surface area contributed by atoms with Crippen molar-refractivity contribution in [2.75, 3.05) is 132 Å². The van der Waals surface area contributed by atoms with E-state index < -0.39 is 5.97 Å². The minimum atomic E-state index is -0.412. The number of ether oxygens (including phenoxy) is 11. The molecule has 0 aliphatic rings. The van der Waals surface area contributed by atoms with Gasteiger partial charge >= 0.3 is 5.97 Å². The zero-order chi connectivity index (χ0) is 30.9. The van der Waals surface area contributed by atoms with Crippen molar-refractivity contribution in [2.24, 2.45) is 0 Å². The SMILES string of the molecule is C=C(C)C(=O)OCCOCCOCCOCCOCCOCCOCCOCCOCCOCCOCc1ccccc1. The van der Waals surface area contributed by atoms with E-state index >= 15 is 0 Å². The van der Waals surface area contributed by atoms with Crippen molar-refractivity contribution in [3.8, 4) is 0 Å². The Morgan fingerprint density at radius 2 is 0.744 bits per heavy atom. The van der Waals surface area contributed by atoms with Gasteiger partial charge < -0.3 is 52.1 Å². The summed E-state index contributed by atoms with van der Waals surface area (Å²) in [7, 11) is 0. The van der Waals surface area contributed by atoms with Gasteiger partial charge in [-0.15, -0.1) is 0 Å². The number of carbonyl (C=O) groups excluding carboxylic acids is 1. The quantitative estimate of drug-likeness (QED) is 0.0656. The molecule has 43 heavy (non-hydrogen) atoms. The van der Waals surface area contributed by atoms with Gasteiger partial charge in [-0.3, -0.25) is 0 Å². The van der Waals surface area contributed by atoms with Crippen molar-refractivity contribution < 1.29 is 56.9 Å². The van der Waals surface area contributed by atoms with E-state index in [0.717, 1.165) is 5.56 Å². The Bertz CT molecular complexity index is 750. The lowest BCUT2D eigenvalue weighted by Gasteiger charge is -2.09. The summed E-state index contributed by atoms with van der Waals surface area (Å²) in [6.07, 6.45) is 0. The molecule has 12 heteroatoms. The Labute approximate surface area is 256 Å². The zero-order valence-corrected chi connectivity index (χ0v) is 25.8. The first-order chi connectivity index (χ1) is 21.2. The molecule has 0 saturated carbocycles. The standard InChI is InChI=1S/C31H52O12/c1-29(2)31(32)43-27-26-41-23-22-39-19-18-37-15-14-35-11-10-33-8-9-34-12-13-36-16-17-38-20-21-40-24-25-42-28-30-6-4-3-5-7-30/h3-7H,1,8-28H2,2H3. The van der Waals surface area contributed by atoms with Crippen LogP contribution in [-0.2, 0) is 63.5 Å². The molecule has 0 unspecified atom stereocenters. The van der Waals surface area contributed by atoms with E-state index in [1.54, 1.807) is 6.92 Å². The van der Waals surface area contributed by atoms with E-state index in [1.165, 1.54) is 0 Å². The van der Waals surface area contributed by atoms with Gasteiger partial charge in [-0.1, -0.05) is 36.9 Å². The summed E-state index contributed by atoms with van der Waals surface area (Å²) in [5.41, 5.74) is 1.53. The average Bonchev–Trinajstić information content (AvgIpc) is 3.02. The fourth-order valence-electron chi connectivity index (χ4n) is 3.06. The van der Waals surface area contributed by atoms with Crippen molar-refractivity contribution in [2.45, 2.75) is 13.5 Å². The Hall–Kier alpha value is -1.97. The van der Waals surface area contributed by atoms with Gasteiger partial charge in [-0.05, 0) is 12.5 Å². The Kier molecular flexibility index (Phi) is 28.6. The average molecular weight is 617 g/mol. The summed E-state index contributed by atoms with van der Waals surface area (Å²) in [4.78, 5) is 11.2. The molecule has 0 aromatic heterocycles. The second-order valence-corrected chi connectivity index (χ2v) is 8.97. The monoisotopic (exact) mass is 616 g/mol. The maximum atomic E-state index is 11.2. The lowest BCUT2D eigenvalue weighted by atomic mass is 10.2. The molecule has 1 rings (SSSR count). The van der Waals surface area contributed by atoms with E-state index in [9.17, 15) is 4.79 Å². The first-order valence-electron chi connectivity index (χ1n) is 14.8. The number of rotatable bonds is 33. The van der Waals surface area contributed by atoms with Crippen molar-refractivity contribution in [1.29, 1.82) is 0 Å². The third-order valence-corrected chi connectivity index (χ3v) is 5.27. The lowest BCUT2D eigenvalue weighted by Crippen LogP contribution is -2.15. The first-order valence-corrected chi connectivity index (χ1v) is 14.8. The van der Waals surface area contributed by atoms with Crippen LogP contribution < -0.4 is 0 Å². The third kappa shape index (κ3) is 28.6. The lowest BCUT2D eigenvalue weighted by molar-refractivity contribution is -0.140. The molecule has 0 saturated heterocycles. The zero-order valence-electron chi connectivity index (χ0n) is 25.8. The molecule has 0 radical (unpaired) electrons. The highest BCUT2D eigenvalue weighted by molar-refractivity contribution is 5.86. The van der Waals surface area contributed by atoms with E-state index in [4.69, 9.17) is 52.1 Å². The molecule has 0 atom stereocenters. The summed E-state index contributed by atoms with van der Waals surface area (Å²) >= 11 is 0. The van der Waals surface area contributed by atoms with E-state index in [2.05, 4.69) is 6.58 Å². The van der Waals surface area contributed by atoms with E-state index in [-0.39, 0.29) is 6.61 Å². The summed E-state index contributed by atoms with van der Waals surface area (Å²) in [6, 6.07) is 10.1. The Morgan fingerprint density at radius 1 is 0.465 bits per heavy atom. The fraction of sp³-hybridized carbons (Fsp3) is 0.710. The highest BCUT2D eigenvalue weighted by atomic mass is 16.6. The van der Waals surface area contributed by atoms with Crippen LogP contribution in [0.15, 0.2) is 42.5 Å². The fourth-order valence-corrected chi connectivity index (χ4v) is 3.06. The van der Waals surface area contributed by atoms with E-state index in [0.29, 0.717) is 138 Å². The van der Waals surface area contributed by atoms with Crippen LogP contribution in [0, 0.1) is 0 Å². The van der Waals surface area contributed by atoms with Crippen molar-refractivity contribution in [1.82, 2.24) is 0 Å². The minimum Gasteiger partial charge on any atom is -0.460 e. The molecule has 0 spiro atoms. The largest absolute Gasteiger partial charge is 0.460 e. The molecule has 0 fully saturated rings. The highest BCUT2D eigenvalue weighted by Crippen LogP contribution is 2.00. The molecule has 0 bridgehead atoms. The molecule has 1 aromatic carbocycles. The van der Waals surface area contributed by atoms with Crippen LogP contribution in [0.3, 0.4) is 0 Å². The van der Waals surface area contributed by atoms with Crippen LogP contribution in [0.25, 0.3) is 0 Å². The van der Waals surface area contributed by atoms with Crippen molar-refractivity contribution >= 4 is 5.97 Å². The van der Waals surface area contributed by atoms with Gasteiger partial charge in [0, 0.05) is 5.57 Å². The predicted molar refractivity (Wildman–Crippen MR) is 159 cm³/mol. The molecular weight excluding hydrogens is 564 g/mol. The molecular formula is C31H52O12. The van der Waals surface area contributed by atoms with Gasteiger partial charge in [0.2, 0.25) is 0 Å². The van der Waals surface area contributed by atoms with Crippen LogP contribution >= 0.6 is 0 Å². The summed E-state index contributed by atoms with van der Waals surface area (Å²) in [6.45, 7) is 15.2. The van der Waals surface area contributed by atoms with Crippen LogP contribution in [0.5, 0.6) is 0 Å². The number of esters is 1. The number of hydrogen-bond acceptors (Lipinski definition) is 12. The summed E-state index contributed by atoms with van der Waals surface area (Å²) in [5.74, 6) is -0.412. The number of carbonyl (C=O) groups is 1. The van der Waals surface area contributed by atoms with Crippen LogP contribution in [-0.4, -0.2) is 138 Å². The van der Waals surface area contributed by atoms with Gasteiger partial charge in [0.25, 0.3) is 0 Å². The first kappa shape index (κ1) is 39.1. The Morgan fingerprint density at radius 3 is 1.05 bits per heavy atom. The van der Waals surface area contributed by atoms with Crippen LogP contribution in [0.2, 0.25) is 0 Å². The topological polar surface area (TPSA) is 119 Å². The maximum Gasteiger partial charge on any atom is 0.333 e. The van der Waals surface area contributed by atoms with Gasteiger partial charge in [0.05, 0.1) is 132 Å². The predicted octanol–water partition coefficient (Wildman–Crippen LogP) is 2.47. The van der Waals surface area contributed by atoms with Crippen molar-refractivity contribution in [3.05, 3.63) is 48.0 Å². The second kappa shape index (κ2) is 31.5. The molecule has 1 aromatic rings. The normalized spacial score (nSPS) is 11.2. The molecule has 0 amide bonds. The van der Waals surface area contributed by atoms with Gasteiger partial charge in [-0.25, -0.2) is 4.79 Å². The summed E-state index contributed by atoms with van der Waals surface area (Å²) in [5, 5.41) is 0. The number of benzene rings is 1. The second-order valence-electron chi connectivity index (χ2n) is 8.97. The van der Waals surface area contributed by atoms with Gasteiger partial charge in [0.15, 0.2) is 0 Å². The minimum absolute atomic E-state index is 0.201. The molecule has 0 aliphatic heterocycles. The van der Waals surface area contributed by atoms with Gasteiger partial charge in [0.1, 0.15) is 6.61 Å². The highest BCUT2D eigenvalue weighted by Gasteiger charge is 2.02. The molecule has 0 N–H and O–H groups in total. The number of hydrogen-bond donors (Lipinski definition) is 0. The molecule has 0 heterocycles. The molecule has 0 aliphatic carbocycles. The van der Waals surface area contributed by atoms with Crippen LogP contribution in [0.4, 0.5) is 0 Å². The van der Waals surface area contributed by atoms with Crippen molar-refractivity contribution in [3.63, 3.8) is 0 Å². The summed E-state index contributed by atoms with van der Waals surface area (Å²) < 4.78 is 59.4.